The zero-order chi connectivity index (χ0) is 18.4. The lowest BCUT2D eigenvalue weighted by molar-refractivity contribution is -0.123. The van der Waals surface area contributed by atoms with Crippen molar-refractivity contribution in [1.82, 2.24) is 5.43 Å². The predicted molar refractivity (Wildman–Crippen MR) is 106 cm³/mol. The van der Waals surface area contributed by atoms with Crippen LogP contribution in [0.25, 0.3) is 10.8 Å². The molecule has 0 bridgehead atoms. The van der Waals surface area contributed by atoms with Crippen molar-refractivity contribution in [3.05, 3.63) is 77.9 Å². The molecular formula is C22H22N2O2. The lowest BCUT2D eigenvalue weighted by atomic mass is 10.0. The summed E-state index contributed by atoms with van der Waals surface area (Å²) >= 11 is 0. The van der Waals surface area contributed by atoms with Gasteiger partial charge in [0.15, 0.2) is 6.61 Å². The Balaban J connectivity index is 1.57. The van der Waals surface area contributed by atoms with E-state index in [0.29, 0.717) is 5.75 Å². The Bertz CT molecular complexity index is 930. The monoisotopic (exact) mass is 346 g/mol. The maximum atomic E-state index is 11.9. The first kappa shape index (κ1) is 17.7. The Hall–Kier alpha value is -3.14. The van der Waals surface area contributed by atoms with E-state index in [2.05, 4.69) is 41.7 Å². The molecule has 4 heteroatoms. The molecule has 0 saturated heterocycles. The summed E-state index contributed by atoms with van der Waals surface area (Å²) in [5, 5.41) is 6.50. The normalized spacial score (nSPS) is 11.4. The number of aryl methyl sites for hydroxylation is 1. The molecule has 0 heterocycles. The van der Waals surface area contributed by atoms with E-state index in [1.165, 1.54) is 10.9 Å². The number of hydrogen-bond donors (Lipinski definition) is 1. The SMILES string of the molecule is CCc1ccc(OCC(=O)NN=C(C)c2ccc3ccccc3c2)cc1. The van der Waals surface area contributed by atoms with Gasteiger partial charge < -0.3 is 4.74 Å². The smallest absolute Gasteiger partial charge is 0.277 e. The molecule has 0 aliphatic heterocycles. The standard InChI is InChI=1S/C22H22N2O2/c1-3-17-8-12-21(13-9-17)26-15-22(25)24-23-16(2)19-11-10-18-6-4-5-7-20(18)14-19/h4-14H,3,15H2,1-2H3,(H,24,25). The van der Waals surface area contributed by atoms with Crippen LogP contribution < -0.4 is 10.2 Å². The van der Waals surface area contributed by atoms with Crippen LogP contribution in [0.15, 0.2) is 71.8 Å². The summed E-state index contributed by atoms with van der Waals surface area (Å²) in [5.41, 5.74) is 5.50. The Labute approximate surface area is 153 Å². The van der Waals surface area contributed by atoms with Gasteiger partial charge in [0.25, 0.3) is 5.91 Å². The maximum absolute atomic E-state index is 11.9. The summed E-state index contributed by atoms with van der Waals surface area (Å²) in [6, 6.07) is 22.0. The van der Waals surface area contributed by atoms with Crippen LogP contribution in [0.4, 0.5) is 0 Å². The number of hydrazone groups is 1. The highest BCUT2D eigenvalue weighted by Gasteiger charge is 2.04. The van der Waals surface area contributed by atoms with Crippen LogP contribution in [0.5, 0.6) is 5.75 Å². The van der Waals surface area contributed by atoms with Gasteiger partial charge in [-0.2, -0.15) is 5.10 Å². The van der Waals surface area contributed by atoms with E-state index in [1.54, 1.807) is 0 Å². The summed E-state index contributed by atoms with van der Waals surface area (Å²) in [6.45, 7) is 3.90. The first-order chi connectivity index (χ1) is 12.7. The molecule has 132 valence electrons. The number of carbonyl (C=O) groups excluding carboxylic acids is 1. The molecule has 1 N–H and O–H groups in total. The number of nitrogens with zero attached hydrogens (tertiary/aromatic N) is 1. The van der Waals surface area contributed by atoms with E-state index >= 15 is 0 Å². The van der Waals surface area contributed by atoms with Crippen molar-refractivity contribution in [2.75, 3.05) is 6.61 Å². The summed E-state index contributed by atoms with van der Waals surface area (Å²) in [6.07, 6.45) is 0.976. The number of amides is 1. The highest BCUT2D eigenvalue weighted by molar-refractivity contribution is 6.02. The van der Waals surface area contributed by atoms with Crippen LogP contribution in [0, 0.1) is 0 Å². The fourth-order valence-electron chi connectivity index (χ4n) is 2.63. The minimum atomic E-state index is -0.287. The molecule has 0 aromatic heterocycles. The lowest BCUT2D eigenvalue weighted by Crippen LogP contribution is -2.25. The average molecular weight is 346 g/mol. The summed E-state index contributed by atoms with van der Waals surface area (Å²) < 4.78 is 5.48. The van der Waals surface area contributed by atoms with Gasteiger partial charge in [0.1, 0.15) is 5.75 Å². The van der Waals surface area contributed by atoms with E-state index in [9.17, 15) is 4.79 Å². The van der Waals surface area contributed by atoms with E-state index in [0.717, 1.165) is 23.1 Å². The molecule has 4 nitrogen and oxygen atoms in total. The largest absolute Gasteiger partial charge is 0.484 e. The van der Waals surface area contributed by atoms with Crippen LogP contribution in [0.3, 0.4) is 0 Å². The van der Waals surface area contributed by atoms with Crippen molar-refractivity contribution in [3.63, 3.8) is 0 Å². The van der Waals surface area contributed by atoms with Crippen LogP contribution >= 0.6 is 0 Å². The van der Waals surface area contributed by atoms with Crippen molar-refractivity contribution >= 4 is 22.4 Å². The number of ether oxygens (including phenoxy) is 1. The maximum Gasteiger partial charge on any atom is 0.277 e. The Morgan fingerprint density at radius 2 is 1.73 bits per heavy atom. The molecule has 0 aliphatic carbocycles. The number of carbonyl (C=O) groups is 1. The van der Waals surface area contributed by atoms with Gasteiger partial charge in [-0.25, -0.2) is 5.43 Å². The number of rotatable bonds is 6. The number of fused-ring (bicyclic) bond motifs is 1. The third kappa shape index (κ3) is 4.48. The van der Waals surface area contributed by atoms with Gasteiger partial charge in [-0.3, -0.25) is 4.79 Å². The van der Waals surface area contributed by atoms with Crippen molar-refractivity contribution in [2.45, 2.75) is 20.3 Å². The molecule has 0 unspecified atom stereocenters. The number of hydrogen-bond acceptors (Lipinski definition) is 3. The summed E-state index contributed by atoms with van der Waals surface area (Å²) in [7, 11) is 0. The molecule has 3 aromatic rings. The lowest BCUT2D eigenvalue weighted by Gasteiger charge is -2.07. The van der Waals surface area contributed by atoms with Crippen LogP contribution in [-0.4, -0.2) is 18.2 Å². The third-order valence-corrected chi connectivity index (χ3v) is 4.22. The average Bonchev–Trinajstić information content (AvgIpc) is 2.70. The highest BCUT2D eigenvalue weighted by Crippen LogP contribution is 2.16. The van der Waals surface area contributed by atoms with Crippen molar-refractivity contribution < 1.29 is 9.53 Å². The van der Waals surface area contributed by atoms with Crippen molar-refractivity contribution in [3.8, 4) is 5.75 Å². The second kappa shape index (κ2) is 8.30. The summed E-state index contributed by atoms with van der Waals surface area (Å²) in [5.74, 6) is 0.386. The van der Waals surface area contributed by atoms with E-state index < -0.39 is 0 Å². The molecule has 0 radical (unpaired) electrons. The highest BCUT2D eigenvalue weighted by atomic mass is 16.5. The van der Waals surface area contributed by atoms with Gasteiger partial charge in [-0.15, -0.1) is 0 Å². The minimum absolute atomic E-state index is 0.0695. The van der Waals surface area contributed by atoms with Crippen LogP contribution in [0.2, 0.25) is 0 Å². The van der Waals surface area contributed by atoms with Gasteiger partial charge >= 0.3 is 0 Å². The molecule has 3 aromatic carbocycles. The predicted octanol–water partition coefficient (Wildman–Crippen LogP) is 4.32. The molecule has 3 rings (SSSR count). The van der Waals surface area contributed by atoms with Gasteiger partial charge in [-0.1, -0.05) is 55.5 Å². The topological polar surface area (TPSA) is 50.7 Å². The molecule has 0 fully saturated rings. The first-order valence-corrected chi connectivity index (χ1v) is 8.70. The quantitative estimate of drug-likeness (QED) is 0.534. The van der Waals surface area contributed by atoms with Crippen molar-refractivity contribution in [2.24, 2.45) is 5.10 Å². The zero-order valence-electron chi connectivity index (χ0n) is 15.0. The molecule has 0 spiro atoms. The molecule has 0 atom stereocenters. The molecular weight excluding hydrogens is 324 g/mol. The second-order valence-electron chi connectivity index (χ2n) is 6.08. The zero-order valence-corrected chi connectivity index (χ0v) is 15.0. The Morgan fingerprint density at radius 1 is 1.00 bits per heavy atom. The third-order valence-electron chi connectivity index (χ3n) is 4.22. The van der Waals surface area contributed by atoms with Gasteiger partial charge in [-0.05, 0) is 53.4 Å². The first-order valence-electron chi connectivity index (χ1n) is 8.70. The number of benzene rings is 3. The summed E-state index contributed by atoms with van der Waals surface area (Å²) in [4.78, 5) is 11.9. The van der Waals surface area contributed by atoms with E-state index in [-0.39, 0.29) is 12.5 Å². The fourth-order valence-corrected chi connectivity index (χ4v) is 2.63. The minimum Gasteiger partial charge on any atom is -0.484 e. The van der Waals surface area contributed by atoms with Crippen LogP contribution in [0.1, 0.15) is 25.0 Å². The van der Waals surface area contributed by atoms with E-state index in [4.69, 9.17) is 4.74 Å². The van der Waals surface area contributed by atoms with Gasteiger partial charge in [0, 0.05) is 0 Å². The molecule has 26 heavy (non-hydrogen) atoms. The van der Waals surface area contributed by atoms with Gasteiger partial charge in [0.2, 0.25) is 0 Å². The molecule has 0 aliphatic rings. The Kier molecular flexibility index (Phi) is 5.64. The van der Waals surface area contributed by atoms with Crippen molar-refractivity contribution in [1.29, 1.82) is 0 Å². The van der Waals surface area contributed by atoms with E-state index in [1.807, 2.05) is 49.4 Å². The van der Waals surface area contributed by atoms with Crippen LogP contribution in [-0.2, 0) is 11.2 Å². The van der Waals surface area contributed by atoms with Gasteiger partial charge in [0.05, 0.1) is 5.71 Å². The fraction of sp³-hybridized carbons (Fsp3) is 0.182. The Morgan fingerprint density at radius 3 is 2.46 bits per heavy atom. The molecule has 0 saturated carbocycles. The molecule has 1 amide bonds. The number of nitrogens with one attached hydrogen (secondary N) is 1. The second-order valence-corrected chi connectivity index (χ2v) is 6.08.